The number of ether oxygens (including phenoxy) is 1. The van der Waals surface area contributed by atoms with Crippen molar-refractivity contribution in [3.63, 3.8) is 0 Å². The third-order valence-corrected chi connectivity index (χ3v) is 2.65. The summed E-state index contributed by atoms with van der Waals surface area (Å²) in [5, 5.41) is 0. The molecule has 0 fully saturated rings. The van der Waals surface area contributed by atoms with E-state index in [0.717, 1.165) is 10.0 Å². The van der Waals surface area contributed by atoms with Crippen molar-refractivity contribution in [1.82, 2.24) is 0 Å². The Bertz CT molecular complexity index is 499. The van der Waals surface area contributed by atoms with Gasteiger partial charge in [0.2, 0.25) is 5.76 Å². The molecule has 1 aromatic carbocycles. The molecule has 82 valence electrons. The summed E-state index contributed by atoms with van der Waals surface area (Å²) in [6.07, 6.45) is 0. The molecule has 0 radical (unpaired) electrons. The second kappa shape index (κ2) is 4.53. The number of methoxy groups -OCH3 is 1. The third kappa shape index (κ3) is 2.17. The first kappa shape index (κ1) is 11.0. The fourth-order valence-electron chi connectivity index (χ4n) is 1.32. The number of carbonyl (C=O) groups is 1. The van der Waals surface area contributed by atoms with E-state index in [-0.39, 0.29) is 5.76 Å². The van der Waals surface area contributed by atoms with Crippen molar-refractivity contribution < 1.29 is 13.9 Å². The predicted molar refractivity (Wildman–Crippen MR) is 63.2 cm³/mol. The van der Waals surface area contributed by atoms with Crippen molar-refractivity contribution in [2.24, 2.45) is 0 Å². The van der Waals surface area contributed by atoms with Gasteiger partial charge in [0.15, 0.2) is 0 Å². The molecule has 1 heterocycles. The molecule has 0 aliphatic heterocycles. The number of halogens is 1. The zero-order valence-electron chi connectivity index (χ0n) is 8.57. The highest BCUT2D eigenvalue weighted by molar-refractivity contribution is 9.10. The zero-order chi connectivity index (χ0) is 11.5. The first-order chi connectivity index (χ1) is 7.70. The fourth-order valence-corrected chi connectivity index (χ4v) is 1.58. The van der Waals surface area contributed by atoms with E-state index in [4.69, 9.17) is 4.42 Å². The van der Waals surface area contributed by atoms with E-state index in [2.05, 4.69) is 20.7 Å². The standard InChI is InChI=1S/C12H9BrO3/c1-15-12(14)11-7-6-10(16-11)8-2-4-9(13)5-3-8/h2-7H,1H3. The fraction of sp³-hybridized carbons (Fsp3) is 0.0833. The molecule has 2 rings (SSSR count). The van der Waals surface area contributed by atoms with Crippen molar-refractivity contribution in [1.29, 1.82) is 0 Å². The summed E-state index contributed by atoms with van der Waals surface area (Å²) in [5.41, 5.74) is 0.915. The number of rotatable bonds is 2. The van der Waals surface area contributed by atoms with Crippen molar-refractivity contribution in [3.05, 3.63) is 46.6 Å². The number of benzene rings is 1. The van der Waals surface area contributed by atoms with Gasteiger partial charge in [0.1, 0.15) is 5.76 Å². The molecular formula is C12H9BrO3. The Kier molecular flexibility index (Phi) is 3.10. The van der Waals surface area contributed by atoms with Crippen LogP contribution >= 0.6 is 15.9 Å². The van der Waals surface area contributed by atoms with Gasteiger partial charge in [-0.15, -0.1) is 0 Å². The molecule has 3 nitrogen and oxygen atoms in total. The van der Waals surface area contributed by atoms with Crippen molar-refractivity contribution >= 4 is 21.9 Å². The van der Waals surface area contributed by atoms with E-state index in [1.54, 1.807) is 12.1 Å². The van der Waals surface area contributed by atoms with Gasteiger partial charge in [-0.05, 0) is 24.3 Å². The largest absolute Gasteiger partial charge is 0.463 e. The van der Waals surface area contributed by atoms with Crippen LogP contribution in [-0.2, 0) is 4.74 Å². The van der Waals surface area contributed by atoms with Gasteiger partial charge in [-0.25, -0.2) is 4.79 Å². The molecule has 0 aliphatic carbocycles. The van der Waals surface area contributed by atoms with Gasteiger partial charge < -0.3 is 9.15 Å². The van der Waals surface area contributed by atoms with Gasteiger partial charge in [-0.1, -0.05) is 28.1 Å². The van der Waals surface area contributed by atoms with Gasteiger partial charge in [0.25, 0.3) is 0 Å². The molecule has 16 heavy (non-hydrogen) atoms. The summed E-state index contributed by atoms with van der Waals surface area (Å²) in [6, 6.07) is 11.0. The van der Waals surface area contributed by atoms with Crippen molar-refractivity contribution in [2.75, 3.05) is 7.11 Å². The number of hydrogen-bond donors (Lipinski definition) is 0. The maximum atomic E-state index is 11.2. The summed E-state index contributed by atoms with van der Waals surface area (Å²) in [7, 11) is 1.32. The Morgan fingerprint density at radius 3 is 2.50 bits per heavy atom. The highest BCUT2D eigenvalue weighted by atomic mass is 79.9. The zero-order valence-corrected chi connectivity index (χ0v) is 10.2. The molecule has 0 aliphatic rings. The van der Waals surface area contributed by atoms with Crippen LogP contribution in [0.5, 0.6) is 0 Å². The lowest BCUT2D eigenvalue weighted by Crippen LogP contribution is -1.98. The molecule has 0 saturated heterocycles. The first-order valence-electron chi connectivity index (χ1n) is 4.65. The molecule has 0 amide bonds. The van der Waals surface area contributed by atoms with Crippen LogP contribution in [0.4, 0.5) is 0 Å². The molecule has 0 spiro atoms. The predicted octanol–water partition coefficient (Wildman–Crippen LogP) is 3.50. The maximum absolute atomic E-state index is 11.2. The van der Waals surface area contributed by atoms with Gasteiger partial charge in [-0.2, -0.15) is 0 Å². The number of esters is 1. The average Bonchev–Trinajstić information content (AvgIpc) is 2.78. The van der Waals surface area contributed by atoms with E-state index >= 15 is 0 Å². The number of hydrogen-bond acceptors (Lipinski definition) is 3. The lowest BCUT2D eigenvalue weighted by atomic mass is 10.2. The van der Waals surface area contributed by atoms with Crippen LogP contribution in [0.15, 0.2) is 45.3 Å². The minimum Gasteiger partial charge on any atom is -0.463 e. The first-order valence-corrected chi connectivity index (χ1v) is 5.44. The molecule has 0 N–H and O–H groups in total. The van der Waals surface area contributed by atoms with E-state index in [0.29, 0.717) is 5.76 Å². The molecule has 4 heteroatoms. The van der Waals surface area contributed by atoms with Crippen molar-refractivity contribution in [3.8, 4) is 11.3 Å². The summed E-state index contributed by atoms with van der Waals surface area (Å²) in [5.74, 6) is 0.386. The lowest BCUT2D eigenvalue weighted by molar-refractivity contribution is 0.0566. The topological polar surface area (TPSA) is 39.4 Å². The minimum atomic E-state index is -0.469. The normalized spacial score (nSPS) is 10.1. The molecule has 0 bridgehead atoms. The van der Waals surface area contributed by atoms with Crippen LogP contribution in [0.3, 0.4) is 0 Å². The van der Waals surface area contributed by atoms with E-state index in [1.807, 2.05) is 24.3 Å². The summed E-state index contributed by atoms with van der Waals surface area (Å²) in [6.45, 7) is 0. The summed E-state index contributed by atoms with van der Waals surface area (Å²) >= 11 is 3.35. The smallest absolute Gasteiger partial charge is 0.373 e. The van der Waals surface area contributed by atoms with E-state index in [9.17, 15) is 4.79 Å². The van der Waals surface area contributed by atoms with Crippen LogP contribution in [0, 0.1) is 0 Å². The second-order valence-corrected chi connectivity index (χ2v) is 4.08. The quantitative estimate of drug-likeness (QED) is 0.791. The lowest BCUT2D eigenvalue weighted by Gasteiger charge is -1.97. The maximum Gasteiger partial charge on any atom is 0.373 e. The van der Waals surface area contributed by atoms with Gasteiger partial charge in [0.05, 0.1) is 7.11 Å². The summed E-state index contributed by atoms with van der Waals surface area (Å²) < 4.78 is 10.9. The Labute approximate surface area is 101 Å². The van der Waals surface area contributed by atoms with E-state index in [1.165, 1.54) is 7.11 Å². The Hall–Kier alpha value is -1.55. The average molecular weight is 281 g/mol. The molecule has 0 atom stereocenters. The Morgan fingerprint density at radius 2 is 1.88 bits per heavy atom. The molecular weight excluding hydrogens is 272 g/mol. The number of carbonyl (C=O) groups excluding carboxylic acids is 1. The Balaban J connectivity index is 2.31. The molecule has 0 saturated carbocycles. The second-order valence-electron chi connectivity index (χ2n) is 3.16. The molecule has 2 aromatic rings. The number of furan rings is 1. The van der Waals surface area contributed by atoms with Crippen LogP contribution < -0.4 is 0 Å². The third-order valence-electron chi connectivity index (χ3n) is 2.12. The van der Waals surface area contributed by atoms with Crippen LogP contribution in [-0.4, -0.2) is 13.1 Å². The summed E-state index contributed by atoms with van der Waals surface area (Å²) in [4.78, 5) is 11.2. The Morgan fingerprint density at radius 1 is 1.19 bits per heavy atom. The van der Waals surface area contributed by atoms with Crippen LogP contribution in [0.25, 0.3) is 11.3 Å². The highest BCUT2D eigenvalue weighted by Crippen LogP contribution is 2.24. The van der Waals surface area contributed by atoms with Crippen LogP contribution in [0.1, 0.15) is 10.6 Å². The van der Waals surface area contributed by atoms with Crippen LogP contribution in [0.2, 0.25) is 0 Å². The van der Waals surface area contributed by atoms with Gasteiger partial charge in [0, 0.05) is 10.0 Å². The molecule has 1 aromatic heterocycles. The van der Waals surface area contributed by atoms with E-state index < -0.39 is 5.97 Å². The highest BCUT2D eigenvalue weighted by Gasteiger charge is 2.11. The van der Waals surface area contributed by atoms with Gasteiger partial charge in [-0.3, -0.25) is 0 Å². The monoisotopic (exact) mass is 280 g/mol. The SMILES string of the molecule is COC(=O)c1ccc(-c2ccc(Br)cc2)o1. The minimum absolute atomic E-state index is 0.209. The molecule has 0 unspecified atom stereocenters. The van der Waals surface area contributed by atoms with Gasteiger partial charge >= 0.3 is 5.97 Å². The van der Waals surface area contributed by atoms with Crippen molar-refractivity contribution in [2.45, 2.75) is 0 Å².